The molecular formula is C19H19BrO4. The first-order valence-corrected chi connectivity index (χ1v) is 8.64. The predicted molar refractivity (Wildman–Crippen MR) is 95.4 cm³/mol. The van der Waals surface area contributed by atoms with E-state index in [9.17, 15) is 9.59 Å². The number of carbonyl (C=O) groups is 2. The van der Waals surface area contributed by atoms with Crippen LogP contribution in [0, 0.1) is 0 Å². The maximum Gasteiger partial charge on any atom is 0.343 e. The number of hydrogen-bond donors (Lipinski definition) is 0. The molecule has 0 aliphatic heterocycles. The van der Waals surface area contributed by atoms with Crippen LogP contribution in [0.4, 0.5) is 0 Å². The number of hydrogen-bond acceptors (Lipinski definition) is 4. The summed E-state index contributed by atoms with van der Waals surface area (Å²) in [6, 6.07) is 13.2. The van der Waals surface area contributed by atoms with E-state index >= 15 is 0 Å². The Labute approximate surface area is 149 Å². The van der Waals surface area contributed by atoms with Crippen LogP contribution in [-0.4, -0.2) is 18.5 Å². The third kappa shape index (κ3) is 5.49. The fourth-order valence-electron chi connectivity index (χ4n) is 2.01. The van der Waals surface area contributed by atoms with E-state index in [0.29, 0.717) is 23.5 Å². The number of halogens is 1. The van der Waals surface area contributed by atoms with E-state index in [1.807, 2.05) is 0 Å². The second-order valence-electron chi connectivity index (χ2n) is 5.26. The quantitative estimate of drug-likeness (QED) is 0.378. The van der Waals surface area contributed by atoms with Crippen LogP contribution in [-0.2, 0) is 4.74 Å². The van der Waals surface area contributed by atoms with Crippen molar-refractivity contribution in [1.29, 1.82) is 0 Å². The molecule has 126 valence electrons. The SMILES string of the molecule is CCCCCOC(=O)c1ccc(C(=O)Oc2ccc(Br)cc2)cc1. The topological polar surface area (TPSA) is 52.6 Å². The highest BCUT2D eigenvalue weighted by molar-refractivity contribution is 9.10. The van der Waals surface area contributed by atoms with E-state index in [4.69, 9.17) is 9.47 Å². The van der Waals surface area contributed by atoms with Crippen LogP contribution in [0.3, 0.4) is 0 Å². The van der Waals surface area contributed by atoms with Gasteiger partial charge in [0.15, 0.2) is 0 Å². The number of benzene rings is 2. The first kappa shape index (κ1) is 18.2. The molecule has 0 amide bonds. The maximum atomic E-state index is 12.1. The Kier molecular flexibility index (Phi) is 7.00. The zero-order valence-corrected chi connectivity index (χ0v) is 15.0. The lowest BCUT2D eigenvalue weighted by Crippen LogP contribution is -2.10. The van der Waals surface area contributed by atoms with E-state index in [1.54, 1.807) is 48.5 Å². The van der Waals surface area contributed by atoms with Gasteiger partial charge in [0.1, 0.15) is 5.75 Å². The van der Waals surface area contributed by atoms with Crippen molar-refractivity contribution in [2.24, 2.45) is 0 Å². The summed E-state index contributed by atoms with van der Waals surface area (Å²) in [5, 5.41) is 0. The number of carbonyl (C=O) groups excluding carboxylic acids is 2. The molecular weight excluding hydrogens is 372 g/mol. The summed E-state index contributed by atoms with van der Waals surface area (Å²) >= 11 is 3.32. The van der Waals surface area contributed by atoms with Crippen LogP contribution in [0.2, 0.25) is 0 Å². The molecule has 0 aliphatic rings. The second-order valence-corrected chi connectivity index (χ2v) is 6.18. The number of ether oxygens (including phenoxy) is 2. The Hall–Kier alpha value is -2.14. The van der Waals surface area contributed by atoms with Gasteiger partial charge in [-0.05, 0) is 55.0 Å². The van der Waals surface area contributed by atoms with Crippen LogP contribution >= 0.6 is 15.9 Å². The van der Waals surface area contributed by atoms with Gasteiger partial charge in [-0.1, -0.05) is 35.7 Å². The van der Waals surface area contributed by atoms with Crippen LogP contribution in [0.5, 0.6) is 5.75 Å². The van der Waals surface area contributed by atoms with Crippen LogP contribution in [0.1, 0.15) is 46.9 Å². The Morgan fingerprint density at radius 2 is 1.46 bits per heavy atom. The summed E-state index contributed by atoms with van der Waals surface area (Å²) in [6.07, 6.45) is 2.97. The van der Waals surface area contributed by atoms with Crippen molar-refractivity contribution in [2.45, 2.75) is 26.2 Å². The van der Waals surface area contributed by atoms with Gasteiger partial charge in [0.25, 0.3) is 0 Å². The van der Waals surface area contributed by atoms with E-state index < -0.39 is 5.97 Å². The van der Waals surface area contributed by atoms with E-state index in [-0.39, 0.29) is 5.97 Å². The van der Waals surface area contributed by atoms with Gasteiger partial charge in [0, 0.05) is 4.47 Å². The van der Waals surface area contributed by atoms with Crippen molar-refractivity contribution >= 4 is 27.9 Å². The van der Waals surface area contributed by atoms with Crippen molar-refractivity contribution in [1.82, 2.24) is 0 Å². The average Bonchev–Trinajstić information content (AvgIpc) is 2.60. The molecule has 2 aromatic rings. The van der Waals surface area contributed by atoms with Crippen molar-refractivity contribution < 1.29 is 19.1 Å². The van der Waals surface area contributed by atoms with Gasteiger partial charge in [-0.3, -0.25) is 0 Å². The smallest absolute Gasteiger partial charge is 0.343 e. The molecule has 0 N–H and O–H groups in total. The first-order chi connectivity index (χ1) is 11.6. The molecule has 4 nitrogen and oxygen atoms in total. The number of unbranched alkanes of at least 4 members (excludes halogenated alkanes) is 2. The maximum absolute atomic E-state index is 12.1. The van der Waals surface area contributed by atoms with E-state index in [0.717, 1.165) is 23.7 Å². The largest absolute Gasteiger partial charge is 0.462 e. The molecule has 0 unspecified atom stereocenters. The monoisotopic (exact) mass is 390 g/mol. The van der Waals surface area contributed by atoms with E-state index in [2.05, 4.69) is 22.9 Å². The molecule has 0 spiro atoms. The highest BCUT2D eigenvalue weighted by Crippen LogP contribution is 2.17. The normalized spacial score (nSPS) is 10.2. The van der Waals surface area contributed by atoms with Crippen LogP contribution < -0.4 is 4.74 Å². The van der Waals surface area contributed by atoms with E-state index in [1.165, 1.54) is 0 Å². The number of esters is 2. The summed E-state index contributed by atoms with van der Waals surface area (Å²) in [4.78, 5) is 23.9. The summed E-state index contributed by atoms with van der Waals surface area (Å²) in [6.45, 7) is 2.51. The highest BCUT2D eigenvalue weighted by atomic mass is 79.9. The third-order valence-electron chi connectivity index (χ3n) is 3.36. The molecule has 0 bridgehead atoms. The third-order valence-corrected chi connectivity index (χ3v) is 3.89. The standard InChI is InChI=1S/C19H19BrO4/c1-2-3-4-13-23-18(21)14-5-7-15(8-6-14)19(22)24-17-11-9-16(20)10-12-17/h5-12H,2-4,13H2,1H3. The summed E-state index contributed by atoms with van der Waals surface area (Å²) in [5.74, 6) is -0.387. The van der Waals surface area contributed by atoms with Gasteiger partial charge >= 0.3 is 11.9 Å². The molecule has 2 aromatic carbocycles. The molecule has 0 saturated heterocycles. The molecule has 0 saturated carbocycles. The average molecular weight is 391 g/mol. The zero-order valence-electron chi connectivity index (χ0n) is 13.5. The highest BCUT2D eigenvalue weighted by Gasteiger charge is 2.11. The summed E-state index contributed by atoms with van der Waals surface area (Å²) in [7, 11) is 0. The molecule has 0 atom stereocenters. The molecule has 2 rings (SSSR count). The summed E-state index contributed by atoms with van der Waals surface area (Å²) in [5.41, 5.74) is 0.798. The Bertz CT molecular complexity index is 678. The fourth-order valence-corrected chi connectivity index (χ4v) is 2.28. The summed E-state index contributed by atoms with van der Waals surface area (Å²) < 4.78 is 11.4. The van der Waals surface area contributed by atoms with Gasteiger partial charge in [0.2, 0.25) is 0 Å². The van der Waals surface area contributed by atoms with Gasteiger partial charge in [-0.25, -0.2) is 9.59 Å². The van der Waals surface area contributed by atoms with Gasteiger partial charge in [-0.2, -0.15) is 0 Å². The Morgan fingerprint density at radius 1 is 0.875 bits per heavy atom. The van der Waals surface area contributed by atoms with Crippen molar-refractivity contribution in [3.63, 3.8) is 0 Å². The van der Waals surface area contributed by atoms with Gasteiger partial charge in [-0.15, -0.1) is 0 Å². The predicted octanol–water partition coefficient (Wildman–Crippen LogP) is 5.02. The number of rotatable bonds is 7. The lowest BCUT2D eigenvalue weighted by atomic mass is 10.1. The molecule has 24 heavy (non-hydrogen) atoms. The molecule has 0 aliphatic carbocycles. The molecule has 0 radical (unpaired) electrons. The van der Waals surface area contributed by atoms with Crippen LogP contribution in [0.25, 0.3) is 0 Å². The molecule has 0 fully saturated rings. The lowest BCUT2D eigenvalue weighted by molar-refractivity contribution is 0.0497. The minimum atomic E-state index is -0.472. The van der Waals surface area contributed by atoms with Crippen molar-refractivity contribution in [3.05, 3.63) is 64.1 Å². The zero-order chi connectivity index (χ0) is 17.4. The van der Waals surface area contributed by atoms with Gasteiger partial charge in [0.05, 0.1) is 17.7 Å². The Morgan fingerprint density at radius 3 is 2.04 bits per heavy atom. The first-order valence-electron chi connectivity index (χ1n) is 7.85. The van der Waals surface area contributed by atoms with Gasteiger partial charge < -0.3 is 9.47 Å². The Balaban J connectivity index is 1.92. The second kappa shape index (κ2) is 9.23. The molecule has 5 heteroatoms. The lowest BCUT2D eigenvalue weighted by Gasteiger charge is -2.06. The minimum Gasteiger partial charge on any atom is -0.462 e. The minimum absolute atomic E-state index is 0.375. The van der Waals surface area contributed by atoms with Crippen LogP contribution in [0.15, 0.2) is 53.0 Å². The molecule has 0 heterocycles. The molecule has 0 aromatic heterocycles. The van der Waals surface area contributed by atoms with Crippen molar-refractivity contribution in [3.8, 4) is 5.75 Å². The van der Waals surface area contributed by atoms with Crippen molar-refractivity contribution in [2.75, 3.05) is 6.61 Å². The fraction of sp³-hybridized carbons (Fsp3) is 0.263.